The van der Waals surface area contributed by atoms with Gasteiger partial charge in [-0.3, -0.25) is 9.46 Å². The highest BCUT2D eigenvalue weighted by Crippen LogP contribution is 2.59. The largest absolute Gasteiger partial charge is 0.388 e. The standard InChI is InChI=1S/C20H33FN3O7PS/c1-6-19(4,31-32(28,29)20(5,27)7-2)8-12-14(25)15(26)17(30-12)24-9-11-13(21)10(3)22-16(11)23-18(24)33/h9,12,14-17,22,25-27H,6-8H2,1-5H3,(H,23,33)(H,28,29). The number of nitrogens with zero attached hydrogens (tertiary/aromatic N) is 1. The summed E-state index contributed by atoms with van der Waals surface area (Å²) in [5, 5.41) is 35.7. The molecule has 0 radical (unpaired) electrons. The first-order valence-electron chi connectivity index (χ1n) is 10.9. The van der Waals surface area contributed by atoms with E-state index in [-0.39, 0.29) is 24.4 Å². The monoisotopic (exact) mass is 509 g/mol. The molecular formula is C20H33FN3O7PS. The predicted octanol–water partition coefficient (Wildman–Crippen LogP) is 1.52. The lowest BCUT2D eigenvalue weighted by Crippen LogP contribution is -2.56. The molecule has 0 saturated carbocycles. The van der Waals surface area contributed by atoms with Crippen molar-refractivity contribution in [3.63, 3.8) is 0 Å². The SMILES string of the molecule is CCC(C)(CC1OC(N2C=C3C(F)=C(C)NC3NC2=S)C(O)C1O)OP(=O)(O)C(C)(O)CC. The molecular weight excluding hydrogens is 476 g/mol. The number of fused-ring (bicyclic) bond motifs is 1. The molecule has 188 valence electrons. The number of ether oxygens (including phenoxy) is 1. The Kier molecular flexibility index (Phi) is 7.35. The molecule has 0 amide bonds. The molecule has 0 aromatic carbocycles. The lowest BCUT2D eigenvalue weighted by molar-refractivity contribution is -0.0741. The van der Waals surface area contributed by atoms with Gasteiger partial charge in [0.2, 0.25) is 0 Å². The summed E-state index contributed by atoms with van der Waals surface area (Å²) in [4.78, 5) is 11.7. The lowest BCUT2D eigenvalue weighted by Gasteiger charge is -2.38. The van der Waals surface area contributed by atoms with Crippen LogP contribution in [0.5, 0.6) is 0 Å². The molecule has 33 heavy (non-hydrogen) atoms. The Morgan fingerprint density at radius 3 is 2.48 bits per heavy atom. The molecule has 3 rings (SSSR count). The fourth-order valence-electron chi connectivity index (χ4n) is 3.94. The molecule has 1 fully saturated rings. The van der Waals surface area contributed by atoms with Gasteiger partial charge in [-0.05, 0) is 45.8 Å². The Morgan fingerprint density at radius 2 is 1.91 bits per heavy atom. The van der Waals surface area contributed by atoms with Crippen LogP contribution in [-0.4, -0.2) is 71.9 Å². The Labute approximate surface area is 198 Å². The number of thiocarbonyl (C=S) groups is 1. The topological polar surface area (TPSA) is 144 Å². The first kappa shape index (κ1) is 26.5. The highest BCUT2D eigenvalue weighted by molar-refractivity contribution is 7.80. The van der Waals surface area contributed by atoms with Gasteiger partial charge in [0.1, 0.15) is 24.2 Å². The van der Waals surface area contributed by atoms with Crippen LogP contribution >= 0.6 is 19.8 Å². The van der Waals surface area contributed by atoms with Crippen LogP contribution in [0.15, 0.2) is 23.3 Å². The van der Waals surface area contributed by atoms with Gasteiger partial charge in [0.15, 0.2) is 16.7 Å². The number of rotatable bonds is 8. The van der Waals surface area contributed by atoms with E-state index in [4.69, 9.17) is 21.5 Å². The summed E-state index contributed by atoms with van der Waals surface area (Å²) in [6.45, 7) is 7.68. The second kappa shape index (κ2) is 9.16. The molecule has 8 atom stereocenters. The van der Waals surface area contributed by atoms with E-state index < -0.39 is 55.1 Å². The Hall–Kier alpha value is -1.11. The second-order valence-corrected chi connectivity index (χ2v) is 11.8. The van der Waals surface area contributed by atoms with Gasteiger partial charge in [0.05, 0.1) is 11.7 Å². The van der Waals surface area contributed by atoms with Gasteiger partial charge >= 0.3 is 7.60 Å². The fraction of sp³-hybridized carbons (Fsp3) is 0.750. The number of aliphatic hydroxyl groups excluding tert-OH is 2. The molecule has 3 heterocycles. The van der Waals surface area contributed by atoms with Crippen LogP contribution in [0.25, 0.3) is 0 Å². The van der Waals surface area contributed by atoms with E-state index in [9.17, 15) is 29.2 Å². The van der Waals surface area contributed by atoms with E-state index >= 15 is 0 Å². The van der Waals surface area contributed by atoms with Crippen LogP contribution in [0.2, 0.25) is 0 Å². The maximum Gasteiger partial charge on any atom is 0.359 e. The number of nitrogens with one attached hydrogen (secondary N) is 2. The normalized spacial score (nSPS) is 35.2. The zero-order valence-corrected chi connectivity index (χ0v) is 21.0. The molecule has 0 aliphatic carbocycles. The van der Waals surface area contributed by atoms with E-state index in [1.807, 2.05) is 0 Å². The molecule has 6 N–H and O–H groups in total. The summed E-state index contributed by atoms with van der Waals surface area (Å²) < 4.78 is 38.6. The van der Waals surface area contributed by atoms with Crippen LogP contribution in [0.4, 0.5) is 4.39 Å². The first-order valence-corrected chi connectivity index (χ1v) is 12.9. The number of hydrogen-bond acceptors (Lipinski definition) is 8. The third kappa shape index (κ3) is 4.85. The zero-order valence-electron chi connectivity index (χ0n) is 19.3. The molecule has 0 spiro atoms. The lowest BCUT2D eigenvalue weighted by atomic mass is 9.93. The summed E-state index contributed by atoms with van der Waals surface area (Å²) in [5.41, 5.74) is -0.615. The minimum absolute atomic E-state index is 0.00167. The van der Waals surface area contributed by atoms with Gasteiger partial charge in [-0.15, -0.1) is 0 Å². The molecule has 3 aliphatic heterocycles. The quantitative estimate of drug-likeness (QED) is 0.209. The van der Waals surface area contributed by atoms with E-state index in [0.29, 0.717) is 11.3 Å². The number of aliphatic hydroxyl groups is 3. The van der Waals surface area contributed by atoms with Crippen molar-refractivity contribution in [1.82, 2.24) is 15.5 Å². The molecule has 3 aliphatic rings. The van der Waals surface area contributed by atoms with Crippen LogP contribution in [-0.2, 0) is 13.8 Å². The van der Waals surface area contributed by atoms with Gasteiger partial charge in [-0.2, -0.15) is 0 Å². The summed E-state index contributed by atoms with van der Waals surface area (Å²) in [5.74, 6) is -0.446. The molecule has 10 nitrogen and oxygen atoms in total. The van der Waals surface area contributed by atoms with Gasteiger partial charge in [0, 0.05) is 23.9 Å². The van der Waals surface area contributed by atoms with Crippen LogP contribution in [0.1, 0.15) is 53.9 Å². The van der Waals surface area contributed by atoms with E-state index in [1.54, 1.807) is 27.7 Å². The van der Waals surface area contributed by atoms with Crippen molar-refractivity contribution in [2.24, 2.45) is 0 Å². The van der Waals surface area contributed by atoms with E-state index in [2.05, 4.69) is 10.6 Å². The summed E-state index contributed by atoms with van der Waals surface area (Å²) in [6, 6.07) is 0. The van der Waals surface area contributed by atoms with Crippen molar-refractivity contribution < 1.29 is 38.4 Å². The molecule has 13 heteroatoms. The fourth-order valence-corrected chi connectivity index (χ4v) is 5.61. The minimum Gasteiger partial charge on any atom is -0.388 e. The van der Waals surface area contributed by atoms with Gasteiger partial charge in [0.25, 0.3) is 0 Å². The van der Waals surface area contributed by atoms with Gasteiger partial charge in [-0.25, -0.2) is 4.39 Å². The third-order valence-corrected chi connectivity index (χ3v) is 9.20. The van der Waals surface area contributed by atoms with E-state index in [0.717, 1.165) is 0 Å². The highest BCUT2D eigenvalue weighted by Gasteiger charge is 2.52. The van der Waals surface area contributed by atoms with Crippen molar-refractivity contribution in [2.45, 2.75) is 95.5 Å². The zero-order chi connectivity index (χ0) is 24.9. The summed E-state index contributed by atoms with van der Waals surface area (Å²) >= 11 is 5.35. The number of hydrogen-bond donors (Lipinski definition) is 6. The van der Waals surface area contributed by atoms with Crippen LogP contribution in [0.3, 0.4) is 0 Å². The van der Waals surface area contributed by atoms with E-state index in [1.165, 1.54) is 18.0 Å². The number of allylic oxidation sites excluding steroid dienone is 1. The smallest absolute Gasteiger partial charge is 0.359 e. The third-order valence-electron chi connectivity index (χ3n) is 6.65. The van der Waals surface area contributed by atoms with Crippen molar-refractivity contribution >= 4 is 24.9 Å². The summed E-state index contributed by atoms with van der Waals surface area (Å²) in [6.07, 6.45) is -3.75. The van der Waals surface area contributed by atoms with Crippen molar-refractivity contribution in [2.75, 3.05) is 0 Å². The Bertz CT molecular complexity index is 916. The number of halogens is 1. The maximum atomic E-state index is 14.4. The second-order valence-electron chi connectivity index (χ2n) is 9.19. The first-order chi connectivity index (χ1) is 15.2. The minimum atomic E-state index is -4.45. The van der Waals surface area contributed by atoms with Crippen molar-refractivity contribution in [3.8, 4) is 0 Å². The average Bonchev–Trinajstić information content (AvgIpc) is 3.16. The Morgan fingerprint density at radius 1 is 1.27 bits per heavy atom. The van der Waals surface area contributed by atoms with Gasteiger partial charge < -0.3 is 40.1 Å². The van der Waals surface area contributed by atoms with Crippen LogP contribution < -0.4 is 10.6 Å². The molecule has 1 saturated heterocycles. The average molecular weight is 510 g/mol. The van der Waals surface area contributed by atoms with Crippen LogP contribution in [0, 0.1) is 0 Å². The molecule has 8 unspecified atom stereocenters. The molecule has 0 aromatic rings. The van der Waals surface area contributed by atoms with Crippen molar-refractivity contribution in [1.29, 1.82) is 0 Å². The van der Waals surface area contributed by atoms with Gasteiger partial charge in [-0.1, -0.05) is 13.8 Å². The maximum absolute atomic E-state index is 14.4. The summed E-state index contributed by atoms with van der Waals surface area (Å²) in [7, 11) is -4.45. The predicted molar refractivity (Wildman–Crippen MR) is 122 cm³/mol. The Balaban J connectivity index is 1.79. The molecule has 0 aromatic heterocycles. The highest BCUT2D eigenvalue weighted by atomic mass is 32.1. The van der Waals surface area contributed by atoms with Crippen molar-refractivity contribution in [3.05, 3.63) is 23.3 Å². The molecule has 0 bridgehead atoms.